The molecule has 0 aromatic rings. The van der Waals surface area contributed by atoms with Crippen molar-refractivity contribution in [1.29, 1.82) is 0 Å². The normalized spacial score (nSPS) is 38.2. The molecule has 1 aliphatic rings. The van der Waals surface area contributed by atoms with Crippen molar-refractivity contribution >= 4 is 22.6 Å². The van der Waals surface area contributed by atoms with Crippen LogP contribution in [0.4, 0.5) is 0 Å². The van der Waals surface area contributed by atoms with Gasteiger partial charge in [-0.1, -0.05) is 34.7 Å². The molecule has 1 rings (SSSR count). The third kappa shape index (κ3) is 2.58. The molecule has 0 aliphatic heterocycles. The van der Waals surface area contributed by atoms with Crippen molar-refractivity contribution in [2.24, 2.45) is 5.73 Å². The highest BCUT2D eigenvalue weighted by Gasteiger charge is 2.13. The Labute approximate surface area is 76.2 Å². The first-order chi connectivity index (χ1) is 4.80. The molecular formula is C8H14IN. The second-order valence-corrected chi connectivity index (χ2v) is 4.42. The van der Waals surface area contributed by atoms with Gasteiger partial charge in [-0.15, -0.1) is 0 Å². The predicted octanol–water partition coefficient (Wildman–Crippen LogP) is 2.25. The Morgan fingerprint density at radius 3 is 3.00 bits per heavy atom. The minimum atomic E-state index is 0.422. The summed E-state index contributed by atoms with van der Waals surface area (Å²) in [6, 6.07) is 0.422. The molecule has 1 unspecified atom stereocenters. The Balaban J connectivity index is 2.41. The van der Waals surface area contributed by atoms with Gasteiger partial charge in [0.25, 0.3) is 0 Å². The topological polar surface area (TPSA) is 26.0 Å². The van der Waals surface area contributed by atoms with E-state index < -0.39 is 0 Å². The number of hydrogen-bond donors (Lipinski definition) is 1. The van der Waals surface area contributed by atoms with Gasteiger partial charge < -0.3 is 5.73 Å². The molecule has 1 nitrogen and oxygen atoms in total. The molecule has 0 amide bonds. The van der Waals surface area contributed by atoms with E-state index in [-0.39, 0.29) is 0 Å². The zero-order chi connectivity index (χ0) is 7.40. The van der Waals surface area contributed by atoms with E-state index in [1.165, 1.54) is 19.3 Å². The maximum atomic E-state index is 5.91. The first kappa shape index (κ1) is 8.53. The molecule has 10 heavy (non-hydrogen) atoms. The van der Waals surface area contributed by atoms with Gasteiger partial charge in [-0.25, -0.2) is 0 Å². The zero-order valence-corrected chi connectivity index (χ0v) is 8.25. The molecule has 1 aliphatic carbocycles. The Hall–Kier alpha value is 0.430. The summed E-state index contributed by atoms with van der Waals surface area (Å²) in [7, 11) is 0. The molecule has 0 spiro atoms. The molecule has 58 valence electrons. The molecule has 2 heteroatoms. The lowest BCUT2D eigenvalue weighted by Crippen LogP contribution is -2.30. The van der Waals surface area contributed by atoms with Gasteiger partial charge in [-0.05, 0) is 25.7 Å². The van der Waals surface area contributed by atoms with E-state index in [1.54, 1.807) is 0 Å². The average molecular weight is 251 g/mol. The van der Waals surface area contributed by atoms with Gasteiger partial charge in [0, 0.05) is 9.97 Å². The van der Waals surface area contributed by atoms with E-state index in [1.807, 2.05) is 0 Å². The lowest BCUT2D eigenvalue weighted by molar-refractivity contribution is 0.567. The Morgan fingerprint density at radius 1 is 1.40 bits per heavy atom. The molecule has 0 aromatic heterocycles. The summed E-state index contributed by atoms with van der Waals surface area (Å²) in [4.78, 5) is 0. The summed E-state index contributed by atoms with van der Waals surface area (Å²) in [5, 5.41) is 0. The fourth-order valence-electron chi connectivity index (χ4n) is 1.17. The molecule has 0 aromatic carbocycles. The third-order valence-electron chi connectivity index (χ3n) is 1.90. The van der Waals surface area contributed by atoms with E-state index in [0.717, 1.165) is 6.42 Å². The molecule has 2 atom stereocenters. The zero-order valence-electron chi connectivity index (χ0n) is 6.09. The summed E-state index contributed by atoms with van der Waals surface area (Å²) >= 11 is 2.45. The molecular weight excluding hydrogens is 237 g/mol. The van der Waals surface area contributed by atoms with Gasteiger partial charge in [0.05, 0.1) is 0 Å². The van der Waals surface area contributed by atoms with Crippen molar-refractivity contribution in [3.05, 3.63) is 12.2 Å². The minimum absolute atomic E-state index is 0.422. The number of nitrogens with two attached hydrogens (primary N) is 1. The highest BCUT2D eigenvalue weighted by atomic mass is 127. The Kier molecular flexibility index (Phi) is 3.70. The summed E-state index contributed by atoms with van der Waals surface area (Å²) in [6.07, 6.45) is 9.36. The minimum Gasteiger partial charge on any atom is -0.327 e. The van der Waals surface area contributed by atoms with Crippen molar-refractivity contribution < 1.29 is 0 Å². The van der Waals surface area contributed by atoms with Crippen LogP contribution in [0.1, 0.15) is 25.7 Å². The number of allylic oxidation sites excluding steroid dienone is 2. The van der Waals surface area contributed by atoms with Crippen molar-refractivity contribution in [2.45, 2.75) is 35.6 Å². The highest BCUT2D eigenvalue weighted by molar-refractivity contribution is 14.1. The standard InChI is InChI=1S/C8H14IN/c9-7-5-3-1-2-4-6-8(7)10/h1,3,7-8H,2,4-6,10H2/b3-1+/t7?,8-/m1/s1. The molecule has 2 N–H and O–H groups in total. The van der Waals surface area contributed by atoms with E-state index >= 15 is 0 Å². The van der Waals surface area contributed by atoms with Crippen molar-refractivity contribution in [3.63, 3.8) is 0 Å². The molecule has 0 bridgehead atoms. The van der Waals surface area contributed by atoms with Crippen molar-refractivity contribution in [3.8, 4) is 0 Å². The van der Waals surface area contributed by atoms with Crippen LogP contribution < -0.4 is 5.73 Å². The maximum Gasteiger partial charge on any atom is 0.0295 e. The van der Waals surface area contributed by atoms with Crippen molar-refractivity contribution in [2.75, 3.05) is 0 Å². The molecule has 0 fully saturated rings. The third-order valence-corrected chi connectivity index (χ3v) is 3.33. The van der Waals surface area contributed by atoms with E-state index in [4.69, 9.17) is 5.73 Å². The summed E-state index contributed by atoms with van der Waals surface area (Å²) in [6.45, 7) is 0. The quantitative estimate of drug-likeness (QED) is 0.399. The summed E-state index contributed by atoms with van der Waals surface area (Å²) in [5.74, 6) is 0. The van der Waals surface area contributed by atoms with Gasteiger partial charge >= 0.3 is 0 Å². The van der Waals surface area contributed by atoms with E-state index in [0.29, 0.717) is 9.97 Å². The average Bonchev–Trinajstić information content (AvgIpc) is 1.92. The molecule has 0 heterocycles. The second kappa shape index (κ2) is 4.34. The second-order valence-electron chi connectivity index (χ2n) is 2.82. The monoisotopic (exact) mass is 251 g/mol. The van der Waals surface area contributed by atoms with Crippen LogP contribution in [0.25, 0.3) is 0 Å². The molecule has 0 radical (unpaired) electrons. The number of halogens is 1. The van der Waals surface area contributed by atoms with Gasteiger partial charge in [0.1, 0.15) is 0 Å². The van der Waals surface area contributed by atoms with Crippen LogP contribution in [-0.4, -0.2) is 9.97 Å². The summed E-state index contributed by atoms with van der Waals surface area (Å²) in [5.41, 5.74) is 5.91. The van der Waals surface area contributed by atoms with Gasteiger partial charge in [-0.2, -0.15) is 0 Å². The fraction of sp³-hybridized carbons (Fsp3) is 0.750. The van der Waals surface area contributed by atoms with E-state index in [2.05, 4.69) is 34.7 Å². The van der Waals surface area contributed by atoms with Gasteiger partial charge in [-0.3, -0.25) is 0 Å². The fourth-order valence-corrected chi connectivity index (χ4v) is 1.82. The maximum absolute atomic E-state index is 5.91. The number of alkyl halides is 1. The van der Waals surface area contributed by atoms with Crippen LogP contribution in [0.3, 0.4) is 0 Å². The smallest absolute Gasteiger partial charge is 0.0295 e. The van der Waals surface area contributed by atoms with Gasteiger partial charge in [0.2, 0.25) is 0 Å². The lowest BCUT2D eigenvalue weighted by Gasteiger charge is -2.18. The van der Waals surface area contributed by atoms with Gasteiger partial charge in [0.15, 0.2) is 0 Å². The van der Waals surface area contributed by atoms with E-state index in [9.17, 15) is 0 Å². The SMILES string of the molecule is N[C@@H]1CCC/C=C/CC1I. The largest absolute Gasteiger partial charge is 0.327 e. The summed E-state index contributed by atoms with van der Waals surface area (Å²) < 4.78 is 0.647. The lowest BCUT2D eigenvalue weighted by atomic mass is 10.0. The van der Waals surface area contributed by atoms with Crippen LogP contribution in [0.5, 0.6) is 0 Å². The first-order valence-electron chi connectivity index (χ1n) is 3.85. The van der Waals surface area contributed by atoms with Crippen LogP contribution in [-0.2, 0) is 0 Å². The molecule has 0 saturated heterocycles. The first-order valence-corrected chi connectivity index (χ1v) is 5.10. The van der Waals surface area contributed by atoms with Crippen LogP contribution >= 0.6 is 22.6 Å². The molecule has 0 saturated carbocycles. The highest BCUT2D eigenvalue weighted by Crippen LogP contribution is 2.17. The number of hydrogen-bond acceptors (Lipinski definition) is 1. The Bertz CT molecular complexity index is 122. The van der Waals surface area contributed by atoms with Crippen LogP contribution in [0, 0.1) is 0 Å². The van der Waals surface area contributed by atoms with Crippen molar-refractivity contribution in [1.82, 2.24) is 0 Å². The Morgan fingerprint density at radius 2 is 2.20 bits per heavy atom. The van der Waals surface area contributed by atoms with Crippen LogP contribution in [0.15, 0.2) is 12.2 Å². The van der Waals surface area contributed by atoms with Crippen LogP contribution in [0.2, 0.25) is 0 Å². The predicted molar refractivity (Wildman–Crippen MR) is 53.4 cm³/mol. The number of rotatable bonds is 0.